The van der Waals surface area contributed by atoms with Gasteiger partial charge in [-0.3, -0.25) is 4.79 Å². The minimum atomic E-state index is 0.255. The third-order valence-electron chi connectivity index (χ3n) is 3.17. The number of unbranched alkanes of at least 4 members (excludes halogenated alkanes) is 2. The van der Waals surface area contributed by atoms with Gasteiger partial charge < -0.3 is 10.2 Å². The summed E-state index contributed by atoms with van der Waals surface area (Å²) in [6.07, 6.45) is 10.7. The molecule has 3 nitrogen and oxygen atoms in total. The fourth-order valence-corrected chi connectivity index (χ4v) is 2.05. The Balaban J connectivity index is 2.21. The number of carbonyl (C=O) groups is 1. The molecule has 1 fully saturated rings. The second-order valence-corrected chi connectivity index (χ2v) is 4.42. The first-order chi connectivity index (χ1) is 7.75. The number of nitrogens with one attached hydrogen (secondary N) is 1. The van der Waals surface area contributed by atoms with Gasteiger partial charge in [-0.2, -0.15) is 0 Å². The maximum absolute atomic E-state index is 11.9. The summed E-state index contributed by atoms with van der Waals surface area (Å²) in [4.78, 5) is 13.8. The van der Waals surface area contributed by atoms with E-state index in [2.05, 4.69) is 11.2 Å². The highest BCUT2D eigenvalue weighted by molar-refractivity contribution is 5.76. The van der Waals surface area contributed by atoms with Crippen LogP contribution in [0, 0.1) is 12.3 Å². The quantitative estimate of drug-likeness (QED) is 0.563. The highest BCUT2D eigenvalue weighted by atomic mass is 16.2. The number of likely N-dealkylation sites (N-methyl/N-ethyl adjacent to an activating group) is 1. The van der Waals surface area contributed by atoms with Gasteiger partial charge in [0.25, 0.3) is 0 Å². The Morgan fingerprint density at radius 2 is 2.38 bits per heavy atom. The number of rotatable bonds is 5. The number of hydrogen-bond donors (Lipinski definition) is 1. The predicted molar refractivity (Wildman–Crippen MR) is 66.0 cm³/mol. The van der Waals surface area contributed by atoms with Crippen LogP contribution in [0.15, 0.2) is 0 Å². The van der Waals surface area contributed by atoms with E-state index in [4.69, 9.17) is 6.42 Å². The molecule has 1 saturated heterocycles. The van der Waals surface area contributed by atoms with Crippen molar-refractivity contribution in [3.8, 4) is 12.3 Å². The number of piperidine rings is 1. The van der Waals surface area contributed by atoms with Crippen LogP contribution in [0.1, 0.15) is 38.5 Å². The summed E-state index contributed by atoms with van der Waals surface area (Å²) in [6.45, 7) is 2.02. The minimum Gasteiger partial charge on any atom is -0.342 e. The molecule has 1 atom stereocenters. The Morgan fingerprint density at radius 1 is 1.56 bits per heavy atom. The molecule has 0 aromatic carbocycles. The van der Waals surface area contributed by atoms with Gasteiger partial charge in [0.15, 0.2) is 0 Å². The van der Waals surface area contributed by atoms with Crippen LogP contribution in [0.3, 0.4) is 0 Å². The summed E-state index contributed by atoms with van der Waals surface area (Å²) in [7, 11) is 1.92. The molecule has 3 heteroatoms. The third-order valence-corrected chi connectivity index (χ3v) is 3.17. The van der Waals surface area contributed by atoms with Crippen molar-refractivity contribution in [3.63, 3.8) is 0 Å². The summed E-state index contributed by atoms with van der Waals surface area (Å²) >= 11 is 0. The molecule has 0 aliphatic carbocycles. The lowest BCUT2D eigenvalue weighted by Crippen LogP contribution is -2.46. The van der Waals surface area contributed by atoms with E-state index in [1.165, 1.54) is 6.42 Å². The summed E-state index contributed by atoms with van der Waals surface area (Å²) in [5, 5.41) is 3.33. The van der Waals surface area contributed by atoms with Crippen LogP contribution in [0.5, 0.6) is 0 Å². The van der Waals surface area contributed by atoms with Crippen molar-refractivity contribution in [2.24, 2.45) is 0 Å². The van der Waals surface area contributed by atoms with Crippen molar-refractivity contribution < 1.29 is 4.79 Å². The molecule has 1 heterocycles. The van der Waals surface area contributed by atoms with Gasteiger partial charge in [-0.05, 0) is 32.2 Å². The second-order valence-electron chi connectivity index (χ2n) is 4.42. The van der Waals surface area contributed by atoms with E-state index >= 15 is 0 Å². The zero-order valence-electron chi connectivity index (χ0n) is 10.2. The predicted octanol–water partition coefficient (Wildman–Crippen LogP) is 1.39. The molecular weight excluding hydrogens is 200 g/mol. The van der Waals surface area contributed by atoms with Crippen molar-refractivity contribution in [2.45, 2.75) is 44.6 Å². The summed E-state index contributed by atoms with van der Waals surface area (Å²) < 4.78 is 0. The van der Waals surface area contributed by atoms with Gasteiger partial charge in [0.2, 0.25) is 5.91 Å². The van der Waals surface area contributed by atoms with E-state index in [9.17, 15) is 4.79 Å². The van der Waals surface area contributed by atoms with Gasteiger partial charge >= 0.3 is 0 Å². The van der Waals surface area contributed by atoms with E-state index in [0.29, 0.717) is 12.5 Å². The fraction of sp³-hybridized carbons (Fsp3) is 0.769. The maximum atomic E-state index is 11.9. The highest BCUT2D eigenvalue weighted by Gasteiger charge is 2.20. The smallest absolute Gasteiger partial charge is 0.222 e. The molecule has 0 radical (unpaired) electrons. The number of nitrogens with zero attached hydrogens (tertiary/aromatic N) is 1. The Hall–Kier alpha value is -1.01. The number of hydrogen-bond acceptors (Lipinski definition) is 2. The van der Waals surface area contributed by atoms with Crippen LogP contribution >= 0.6 is 0 Å². The van der Waals surface area contributed by atoms with Crippen molar-refractivity contribution in [1.29, 1.82) is 0 Å². The van der Waals surface area contributed by atoms with E-state index in [1.807, 2.05) is 11.9 Å². The molecular formula is C13H22N2O. The summed E-state index contributed by atoms with van der Waals surface area (Å²) in [5.74, 6) is 2.85. The number of terminal acetylenes is 1. The lowest BCUT2D eigenvalue weighted by Gasteiger charge is -2.31. The summed E-state index contributed by atoms with van der Waals surface area (Å²) in [6, 6.07) is 0.383. The van der Waals surface area contributed by atoms with Crippen LogP contribution in [-0.4, -0.2) is 37.0 Å². The van der Waals surface area contributed by atoms with Crippen LogP contribution in [0.2, 0.25) is 0 Å². The Kier molecular flexibility index (Phi) is 5.95. The van der Waals surface area contributed by atoms with E-state index in [-0.39, 0.29) is 5.91 Å². The lowest BCUT2D eigenvalue weighted by molar-refractivity contribution is -0.132. The molecule has 0 spiro atoms. The van der Waals surface area contributed by atoms with Gasteiger partial charge in [0, 0.05) is 32.5 Å². The van der Waals surface area contributed by atoms with Gasteiger partial charge in [-0.25, -0.2) is 0 Å². The van der Waals surface area contributed by atoms with Gasteiger partial charge in [0.05, 0.1) is 0 Å². The molecule has 1 N–H and O–H groups in total. The van der Waals surface area contributed by atoms with Crippen LogP contribution in [-0.2, 0) is 4.79 Å². The Labute approximate surface area is 98.6 Å². The standard InChI is InChI=1S/C13H22N2O/c1-3-4-5-6-9-13(16)15(2)12-8-7-10-14-11-12/h1,12,14H,4-11H2,2H3. The topological polar surface area (TPSA) is 32.3 Å². The number of amides is 1. The van der Waals surface area contributed by atoms with Gasteiger partial charge in [-0.15, -0.1) is 12.3 Å². The minimum absolute atomic E-state index is 0.255. The zero-order chi connectivity index (χ0) is 11.8. The first-order valence-corrected chi connectivity index (χ1v) is 6.15. The lowest BCUT2D eigenvalue weighted by atomic mass is 10.1. The molecule has 1 rings (SSSR count). The first-order valence-electron chi connectivity index (χ1n) is 6.15. The first kappa shape index (κ1) is 13.1. The van der Waals surface area contributed by atoms with Crippen molar-refractivity contribution in [1.82, 2.24) is 10.2 Å². The van der Waals surface area contributed by atoms with Crippen molar-refractivity contribution in [2.75, 3.05) is 20.1 Å². The molecule has 1 aliphatic heterocycles. The highest BCUT2D eigenvalue weighted by Crippen LogP contribution is 2.11. The molecule has 0 aromatic rings. The van der Waals surface area contributed by atoms with Crippen LogP contribution < -0.4 is 5.32 Å². The van der Waals surface area contributed by atoms with Crippen LogP contribution in [0.4, 0.5) is 0 Å². The van der Waals surface area contributed by atoms with Gasteiger partial charge in [-0.1, -0.05) is 0 Å². The molecule has 0 aromatic heterocycles. The molecule has 1 unspecified atom stereocenters. The molecule has 16 heavy (non-hydrogen) atoms. The molecule has 0 bridgehead atoms. The molecule has 1 aliphatic rings. The Bertz CT molecular complexity index is 251. The normalized spacial score (nSPS) is 20.1. The maximum Gasteiger partial charge on any atom is 0.222 e. The van der Waals surface area contributed by atoms with E-state index in [1.54, 1.807) is 0 Å². The zero-order valence-corrected chi connectivity index (χ0v) is 10.2. The average Bonchev–Trinajstić information content (AvgIpc) is 2.34. The summed E-state index contributed by atoms with van der Waals surface area (Å²) in [5.41, 5.74) is 0. The largest absolute Gasteiger partial charge is 0.342 e. The molecule has 0 saturated carbocycles. The molecule has 90 valence electrons. The molecule has 1 amide bonds. The fourth-order valence-electron chi connectivity index (χ4n) is 2.05. The van der Waals surface area contributed by atoms with Crippen molar-refractivity contribution >= 4 is 5.91 Å². The van der Waals surface area contributed by atoms with E-state index < -0.39 is 0 Å². The Morgan fingerprint density at radius 3 is 3.00 bits per heavy atom. The third kappa shape index (κ3) is 4.24. The monoisotopic (exact) mass is 222 g/mol. The second kappa shape index (κ2) is 7.29. The van der Waals surface area contributed by atoms with Crippen LogP contribution in [0.25, 0.3) is 0 Å². The average molecular weight is 222 g/mol. The van der Waals surface area contributed by atoms with E-state index in [0.717, 1.165) is 38.8 Å². The SMILES string of the molecule is C#CCCCCC(=O)N(C)C1CCCNC1. The number of carbonyl (C=O) groups excluding carboxylic acids is 1. The van der Waals surface area contributed by atoms with Crippen molar-refractivity contribution in [3.05, 3.63) is 0 Å². The van der Waals surface area contributed by atoms with Gasteiger partial charge in [0.1, 0.15) is 0 Å².